The lowest BCUT2D eigenvalue weighted by molar-refractivity contribution is 0.382. The first-order valence-electron chi connectivity index (χ1n) is 4.98. The minimum Gasteiger partial charge on any atom is -0.360 e. The summed E-state index contributed by atoms with van der Waals surface area (Å²) in [5.41, 5.74) is 6.13. The smallest absolute Gasteiger partial charge is 0.201 e. The molecule has 0 atom stereocenters. The maximum Gasteiger partial charge on any atom is 0.201 e. The van der Waals surface area contributed by atoms with Crippen molar-refractivity contribution in [2.75, 3.05) is 32.7 Å². The first-order valence-corrected chi connectivity index (χ1v) is 4.98. The Morgan fingerprint density at radius 3 is 2.54 bits per heavy atom. The van der Waals surface area contributed by atoms with Gasteiger partial charge in [0.05, 0.1) is 0 Å². The van der Waals surface area contributed by atoms with E-state index >= 15 is 0 Å². The number of hydrogen-bond acceptors (Lipinski definition) is 4. The van der Waals surface area contributed by atoms with Crippen LogP contribution in [0.5, 0.6) is 0 Å². The second-order valence-corrected chi connectivity index (χ2v) is 3.71. The van der Waals surface area contributed by atoms with Crippen LogP contribution in [0, 0.1) is 0 Å². The Balaban J connectivity index is 2.25. The lowest BCUT2D eigenvalue weighted by Crippen LogP contribution is -2.54. The average Bonchev–Trinajstić information content (AvgIpc) is 2.31. The summed E-state index contributed by atoms with van der Waals surface area (Å²) in [5, 5.41) is 9.86. The molecule has 13 heavy (non-hydrogen) atoms. The Bertz CT molecular complexity index is 134. The van der Waals surface area contributed by atoms with Crippen molar-refractivity contribution in [3.05, 3.63) is 0 Å². The number of hydrogen-bond donors (Lipinski definition) is 4. The van der Waals surface area contributed by atoms with Crippen LogP contribution in [0.2, 0.25) is 6.82 Å². The molecule has 0 spiro atoms. The topological polar surface area (TPSA) is 62.1 Å². The summed E-state index contributed by atoms with van der Waals surface area (Å²) in [6, 6.07) is 0. The number of nitrogens with two attached hydrogens (primary N) is 1. The summed E-state index contributed by atoms with van der Waals surface area (Å²) in [4.78, 5) is 0. The zero-order chi connectivity index (χ0) is 9.57. The molecule has 0 amide bonds. The Morgan fingerprint density at radius 2 is 2.00 bits per heavy atom. The van der Waals surface area contributed by atoms with Crippen molar-refractivity contribution in [3.8, 4) is 0 Å². The van der Waals surface area contributed by atoms with E-state index in [-0.39, 0.29) is 5.54 Å². The first kappa shape index (κ1) is 11.0. The number of nitrogens with one attached hydrogen (secondary N) is 3. The first-order chi connectivity index (χ1) is 6.27. The summed E-state index contributed by atoms with van der Waals surface area (Å²) in [6.07, 6.45) is 0.997. The van der Waals surface area contributed by atoms with Crippen LogP contribution < -0.4 is 21.6 Å². The second kappa shape index (κ2) is 5.60. The molecule has 0 bridgehead atoms. The van der Waals surface area contributed by atoms with E-state index in [1.54, 1.807) is 0 Å². The van der Waals surface area contributed by atoms with Crippen molar-refractivity contribution in [3.63, 3.8) is 0 Å². The van der Waals surface area contributed by atoms with Gasteiger partial charge >= 0.3 is 0 Å². The Morgan fingerprint density at radius 1 is 1.38 bits per heavy atom. The van der Waals surface area contributed by atoms with Gasteiger partial charge in [0.2, 0.25) is 7.41 Å². The van der Waals surface area contributed by atoms with Crippen molar-refractivity contribution < 1.29 is 0 Å². The molecule has 1 aliphatic rings. The van der Waals surface area contributed by atoms with Crippen molar-refractivity contribution >= 4 is 7.41 Å². The van der Waals surface area contributed by atoms with E-state index in [0.717, 1.165) is 39.1 Å². The highest BCUT2D eigenvalue weighted by Crippen LogP contribution is 2.04. The van der Waals surface area contributed by atoms with Gasteiger partial charge in [-0.05, 0) is 13.0 Å². The van der Waals surface area contributed by atoms with Crippen molar-refractivity contribution in [2.24, 2.45) is 5.73 Å². The standard InChI is InChI=1S/C8H20BN4/c1-9-13-3-2-8(10)6-11-4-5-12-7-8/h11-13H,2-7,10H2,1H3. The van der Waals surface area contributed by atoms with Gasteiger partial charge in [-0.3, -0.25) is 0 Å². The minimum atomic E-state index is -0.0908. The average molecular weight is 183 g/mol. The summed E-state index contributed by atoms with van der Waals surface area (Å²) in [5.74, 6) is 0. The normalized spacial score (nSPS) is 22.3. The SMILES string of the molecule is C[B]NCCC1(N)CNCCNC1. The molecular formula is C8H20BN4. The van der Waals surface area contributed by atoms with Gasteiger partial charge in [-0.15, -0.1) is 0 Å². The van der Waals surface area contributed by atoms with Crippen LogP contribution in [-0.2, 0) is 0 Å². The minimum absolute atomic E-state index is 0.0908. The zero-order valence-corrected chi connectivity index (χ0v) is 8.40. The third-order valence-electron chi connectivity index (χ3n) is 2.40. The fourth-order valence-corrected chi connectivity index (χ4v) is 1.56. The van der Waals surface area contributed by atoms with Crippen LogP contribution in [0.3, 0.4) is 0 Å². The zero-order valence-electron chi connectivity index (χ0n) is 8.40. The van der Waals surface area contributed by atoms with Gasteiger partial charge in [0.1, 0.15) is 0 Å². The largest absolute Gasteiger partial charge is 0.360 e. The molecular weight excluding hydrogens is 163 g/mol. The third kappa shape index (κ3) is 4.09. The van der Waals surface area contributed by atoms with Crippen LogP contribution in [0.4, 0.5) is 0 Å². The molecule has 1 radical (unpaired) electrons. The van der Waals surface area contributed by atoms with Gasteiger partial charge < -0.3 is 21.6 Å². The van der Waals surface area contributed by atoms with Gasteiger partial charge in [0, 0.05) is 31.7 Å². The van der Waals surface area contributed by atoms with Crippen LogP contribution in [0.1, 0.15) is 6.42 Å². The summed E-state index contributed by atoms with van der Waals surface area (Å²) < 4.78 is 0. The van der Waals surface area contributed by atoms with Gasteiger partial charge in [0.15, 0.2) is 0 Å². The fraction of sp³-hybridized carbons (Fsp3) is 1.00. The molecule has 1 fully saturated rings. The van der Waals surface area contributed by atoms with E-state index in [4.69, 9.17) is 5.73 Å². The van der Waals surface area contributed by atoms with Crippen molar-refractivity contribution in [1.29, 1.82) is 0 Å². The molecule has 4 nitrogen and oxygen atoms in total. The third-order valence-corrected chi connectivity index (χ3v) is 2.40. The predicted octanol–water partition coefficient (Wildman–Crippen LogP) is -1.48. The molecule has 1 rings (SSSR count). The van der Waals surface area contributed by atoms with Gasteiger partial charge in [0.25, 0.3) is 0 Å². The summed E-state index contributed by atoms with van der Waals surface area (Å²) >= 11 is 0. The Labute approximate surface area is 81.3 Å². The Hall–Kier alpha value is -0.0951. The lowest BCUT2D eigenvalue weighted by Gasteiger charge is -2.27. The molecule has 0 saturated carbocycles. The lowest BCUT2D eigenvalue weighted by atomic mass is 9.94. The second-order valence-electron chi connectivity index (χ2n) is 3.71. The maximum absolute atomic E-state index is 6.22. The highest BCUT2D eigenvalue weighted by atomic mass is 15.1. The molecule has 1 heterocycles. The predicted molar refractivity (Wildman–Crippen MR) is 56.9 cm³/mol. The van der Waals surface area contributed by atoms with E-state index in [2.05, 4.69) is 15.9 Å². The van der Waals surface area contributed by atoms with Gasteiger partial charge in [-0.25, -0.2) is 0 Å². The van der Waals surface area contributed by atoms with Crippen molar-refractivity contribution in [2.45, 2.75) is 18.8 Å². The molecule has 1 saturated heterocycles. The molecule has 0 aromatic carbocycles. The molecule has 5 heteroatoms. The van der Waals surface area contributed by atoms with E-state index in [0.29, 0.717) is 0 Å². The fourth-order valence-electron chi connectivity index (χ4n) is 1.56. The highest BCUT2D eigenvalue weighted by Gasteiger charge is 2.24. The number of rotatable bonds is 4. The van der Waals surface area contributed by atoms with Crippen LogP contribution in [-0.4, -0.2) is 45.7 Å². The van der Waals surface area contributed by atoms with E-state index in [9.17, 15) is 0 Å². The van der Waals surface area contributed by atoms with Gasteiger partial charge in [-0.1, -0.05) is 6.82 Å². The monoisotopic (exact) mass is 183 g/mol. The quantitative estimate of drug-likeness (QED) is 0.317. The molecule has 0 aromatic rings. The van der Waals surface area contributed by atoms with E-state index in [1.807, 2.05) is 14.2 Å². The Kier molecular flexibility index (Phi) is 4.73. The molecule has 75 valence electrons. The molecule has 0 aromatic heterocycles. The highest BCUT2D eigenvalue weighted by molar-refractivity contribution is 6.29. The molecule has 0 unspecified atom stereocenters. The molecule has 0 aliphatic carbocycles. The molecule has 5 N–H and O–H groups in total. The summed E-state index contributed by atoms with van der Waals surface area (Å²) in [6.45, 7) is 6.80. The maximum atomic E-state index is 6.22. The van der Waals surface area contributed by atoms with Crippen molar-refractivity contribution in [1.82, 2.24) is 15.9 Å². The molecule has 1 aliphatic heterocycles. The summed E-state index contributed by atoms with van der Waals surface area (Å²) in [7, 11) is 1.96. The van der Waals surface area contributed by atoms with Crippen LogP contribution in [0.15, 0.2) is 0 Å². The van der Waals surface area contributed by atoms with E-state index < -0.39 is 0 Å². The van der Waals surface area contributed by atoms with Crippen LogP contribution in [0.25, 0.3) is 0 Å². The van der Waals surface area contributed by atoms with Crippen LogP contribution >= 0.6 is 0 Å². The van der Waals surface area contributed by atoms with E-state index in [1.165, 1.54) is 0 Å². The van der Waals surface area contributed by atoms with Gasteiger partial charge in [-0.2, -0.15) is 0 Å².